The topological polar surface area (TPSA) is 61.4 Å². The number of rotatable bonds is 9. The SMILES string of the molecule is CCCN(CCC)C(=O)c1ccc(NCC(=O)Nc2ccc(C)cc2C)cc1. The molecule has 2 amide bonds. The van der Waals surface area contributed by atoms with E-state index in [2.05, 4.69) is 24.5 Å². The molecule has 5 heteroatoms. The highest BCUT2D eigenvalue weighted by molar-refractivity contribution is 5.95. The van der Waals surface area contributed by atoms with Crippen LogP contribution >= 0.6 is 0 Å². The molecular weight excluding hydrogens is 350 g/mol. The summed E-state index contributed by atoms with van der Waals surface area (Å²) < 4.78 is 0. The van der Waals surface area contributed by atoms with Crippen LogP contribution < -0.4 is 10.6 Å². The molecule has 0 saturated carbocycles. The predicted octanol–water partition coefficient (Wildman–Crippen LogP) is 4.62. The van der Waals surface area contributed by atoms with Crippen molar-refractivity contribution in [3.63, 3.8) is 0 Å². The number of hydrogen-bond donors (Lipinski definition) is 2. The van der Waals surface area contributed by atoms with E-state index in [-0.39, 0.29) is 18.4 Å². The van der Waals surface area contributed by atoms with Crippen molar-refractivity contribution in [3.8, 4) is 0 Å². The molecule has 0 aliphatic carbocycles. The molecule has 2 aromatic rings. The first-order valence-electron chi connectivity index (χ1n) is 9.95. The number of anilines is 2. The Morgan fingerprint density at radius 3 is 2.14 bits per heavy atom. The lowest BCUT2D eigenvalue weighted by atomic mass is 10.1. The summed E-state index contributed by atoms with van der Waals surface area (Å²) >= 11 is 0. The average molecular weight is 382 g/mol. The molecule has 0 unspecified atom stereocenters. The normalized spacial score (nSPS) is 10.4. The van der Waals surface area contributed by atoms with Crippen LogP contribution in [0.5, 0.6) is 0 Å². The molecule has 5 nitrogen and oxygen atoms in total. The Balaban J connectivity index is 1.91. The van der Waals surface area contributed by atoms with Crippen LogP contribution in [0.2, 0.25) is 0 Å². The zero-order valence-electron chi connectivity index (χ0n) is 17.3. The molecule has 0 aliphatic rings. The molecule has 0 radical (unpaired) electrons. The zero-order valence-corrected chi connectivity index (χ0v) is 17.3. The lowest BCUT2D eigenvalue weighted by Crippen LogP contribution is -2.32. The minimum atomic E-state index is -0.107. The maximum atomic E-state index is 12.6. The van der Waals surface area contributed by atoms with E-state index in [0.29, 0.717) is 5.56 Å². The minimum Gasteiger partial charge on any atom is -0.376 e. The van der Waals surface area contributed by atoms with Crippen molar-refractivity contribution in [1.29, 1.82) is 0 Å². The van der Waals surface area contributed by atoms with Crippen LogP contribution in [-0.4, -0.2) is 36.3 Å². The first kappa shape index (κ1) is 21.5. The molecule has 28 heavy (non-hydrogen) atoms. The summed E-state index contributed by atoms with van der Waals surface area (Å²) in [4.78, 5) is 26.7. The van der Waals surface area contributed by atoms with E-state index in [1.165, 1.54) is 5.56 Å². The standard InChI is InChI=1S/C23H31N3O2/c1-5-13-26(14-6-2)23(28)19-8-10-20(11-9-19)24-16-22(27)25-21-12-7-17(3)15-18(21)4/h7-12,15,24H,5-6,13-14,16H2,1-4H3,(H,25,27). The fourth-order valence-electron chi connectivity index (χ4n) is 3.10. The molecule has 150 valence electrons. The first-order valence-corrected chi connectivity index (χ1v) is 9.95. The molecule has 0 aliphatic heterocycles. The van der Waals surface area contributed by atoms with Crippen LogP contribution in [0.15, 0.2) is 42.5 Å². The maximum absolute atomic E-state index is 12.6. The van der Waals surface area contributed by atoms with Gasteiger partial charge < -0.3 is 15.5 Å². The van der Waals surface area contributed by atoms with E-state index in [1.54, 1.807) is 0 Å². The van der Waals surface area contributed by atoms with Gasteiger partial charge in [-0.2, -0.15) is 0 Å². The Morgan fingerprint density at radius 1 is 0.929 bits per heavy atom. The molecule has 2 N–H and O–H groups in total. The van der Waals surface area contributed by atoms with Crippen molar-refractivity contribution in [3.05, 3.63) is 59.2 Å². The van der Waals surface area contributed by atoms with Gasteiger partial charge in [-0.1, -0.05) is 31.5 Å². The number of carbonyl (C=O) groups excluding carboxylic acids is 2. The molecule has 0 heterocycles. The Bertz CT molecular complexity index is 794. The van der Waals surface area contributed by atoms with Crippen LogP contribution in [0.25, 0.3) is 0 Å². The van der Waals surface area contributed by atoms with Crippen molar-refractivity contribution < 1.29 is 9.59 Å². The first-order chi connectivity index (χ1) is 13.4. The monoisotopic (exact) mass is 381 g/mol. The van der Waals surface area contributed by atoms with Gasteiger partial charge >= 0.3 is 0 Å². The molecule has 0 bridgehead atoms. The van der Waals surface area contributed by atoms with Crippen molar-refractivity contribution in [2.75, 3.05) is 30.3 Å². The number of carbonyl (C=O) groups is 2. The Labute approximate surface area is 168 Å². The van der Waals surface area contributed by atoms with Gasteiger partial charge in [-0.05, 0) is 62.6 Å². The largest absolute Gasteiger partial charge is 0.376 e. The van der Waals surface area contributed by atoms with Gasteiger partial charge in [-0.15, -0.1) is 0 Å². The second kappa shape index (κ2) is 10.5. The van der Waals surface area contributed by atoms with Gasteiger partial charge in [-0.3, -0.25) is 9.59 Å². The van der Waals surface area contributed by atoms with Crippen molar-refractivity contribution in [2.45, 2.75) is 40.5 Å². The molecule has 0 fully saturated rings. The van der Waals surface area contributed by atoms with Crippen LogP contribution in [0.4, 0.5) is 11.4 Å². The molecular formula is C23H31N3O2. The highest BCUT2D eigenvalue weighted by Gasteiger charge is 2.14. The summed E-state index contributed by atoms with van der Waals surface area (Å²) in [6.45, 7) is 9.86. The van der Waals surface area contributed by atoms with E-state index in [4.69, 9.17) is 0 Å². The molecule has 0 spiro atoms. The third-order valence-corrected chi connectivity index (χ3v) is 4.52. The van der Waals surface area contributed by atoms with E-state index < -0.39 is 0 Å². The predicted molar refractivity (Wildman–Crippen MR) is 116 cm³/mol. The number of nitrogens with zero attached hydrogens (tertiary/aromatic N) is 1. The van der Waals surface area contributed by atoms with Gasteiger partial charge in [0.25, 0.3) is 5.91 Å². The number of benzene rings is 2. The maximum Gasteiger partial charge on any atom is 0.253 e. The van der Waals surface area contributed by atoms with Crippen LogP contribution in [0.3, 0.4) is 0 Å². The summed E-state index contributed by atoms with van der Waals surface area (Å²) in [7, 11) is 0. The fraction of sp³-hybridized carbons (Fsp3) is 0.391. The molecule has 0 atom stereocenters. The van der Waals surface area contributed by atoms with Crippen molar-refractivity contribution >= 4 is 23.2 Å². The van der Waals surface area contributed by atoms with Crippen LogP contribution in [-0.2, 0) is 4.79 Å². The molecule has 2 aromatic carbocycles. The van der Waals surface area contributed by atoms with Crippen molar-refractivity contribution in [1.82, 2.24) is 4.90 Å². The summed E-state index contributed by atoms with van der Waals surface area (Å²) in [5.74, 6) is -0.0491. The van der Waals surface area contributed by atoms with Gasteiger partial charge in [0.15, 0.2) is 0 Å². The molecule has 0 aromatic heterocycles. The Kier molecular flexibility index (Phi) is 8.05. The molecule has 2 rings (SSSR count). The second-order valence-corrected chi connectivity index (χ2v) is 7.09. The number of aryl methyl sites for hydroxylation is 2. The summed E-state index contributed by atoms with van der Waals surface area (Å²) in [6, 6.07) is 13.2. The third kappa shape index (κ3) is 6.12. The minimum absolute atomic E-state index is 0.0582. The van der Waals surface area contributed by atoms with Gasteiger partial charge in [0, 0.05) is 30.0 Å². The van der Waals surface area contributed by atoms with E-state index in [0.717, 1.165) is 42.9 Å². The van der Waals surface area contributed by atoms with E-state index in [9.17, 15) is 9.59 Å². The lowest BCUT2D eigenvalue weighted by Gasteiger charge is -2.21. The quantitative estimate of drug-likeness (QED) is 0.666. The highest BCUT2D eigenvalue weighted by Crippen LogP contribution is 2.16. The lowest BCUT2D eigenvalue weighted by molar-refractivity contribution is -0.114. The number of nitrogens with one attached hydrogen (secondary N) is 2. The summed E-state index contributed by atoms with van der Waals surface area (Å²) in [5.41, 5.74) is 4.52. The van der Waals surface area contributed by atoms with E-state index >= 15 is 0 Å². The molecule has 0 saturated heterocycles. The average Bonchev–Trinajstić information content (AvgIpc) is 2.68. The van der Waals surface area contributed by atoms with Crippen LogP contribution in [0.1, 0.15) is 48.2 Å². The van der Waals surface area contributed by atoms with Gasteiger partial charge in [0.2, 0.25) is 5.91 Å². The number of hydrogen-bond acceptors (Lipinski definition) is 3. The fourth-order valence-corrected chi connectivity index (χ4v) is 3.10. The summed E-state index contributed by atoms with van der Waals surface area (Å²) in [6.07, 6.45) is 1.89. The Morgan fingerprint density at radius 2 is 1.57 bits per heavy atom. The Hall–Kier alpha value is -2.82. The van der Waals surface area contributed by atoms with Crippen LogP contribution in [0, 0.1) is 13.8 Å². The van der Waals surface area contributed by atoms with Crippen molar-refractivity contribution in [2.24, 2.45) is 0 Å². The zero-order chi connectivity index (χ0) is 20.5. The summed E-state index contributed by atoms with van der Waals surface area (Å²) in [5, 5.41) is 6.02. The number of amides is 2. The highest BCUT2D eigenvalue weighted by atomic mass is 16.2. The van der Waals surface area contributed by atoms with Gasteiger partial charge in [0.1, 0.15) is 0 Å². The third-order valence-electron chi connectivity index (χ3n) is 4.52. The van der Waals surface area contributed by atoms with E-state index in [1.807, 2.05) is 61.2 Å². The second-order valence-electron chi connectivity index (χ2n) is 7.09. The van der Waals surface area contributed by atoms with Gasteiger partial charge in [-0.25, -0.2) is 0 Å². The van der Waals surface area contributed by atoms with Gasteiger partial charge in [0.05, 0.1) is 6.54 Å². The smallest absolute Gasteiger partial charge is 0.253 e.